The Labute approximate surface area is 142 Å². The summed E-state index contributed by atoms with van der Waals surface area (Å²) in [5.74, 6) is 0. The van der Waals surface area contributed by atoms with Crippen molar-refractivity contribution in [2.24, 2.45) is 0 Å². The van der Waals surface area contributed by atoms with Gasteiger partial charge in [0.25, 0.3) is 0 Å². The number of fused-ring (bicyclic) bond motifs is 2. The molecule has 0 radical (unpaired) electrons. The van der Waals surface area contributed by atoms with Crippen molar-refractivity contribution in [3.8, 4) is 0 Å². The van der Waals surface area contributed by atoms with E-state index in [1.165, 1.54) is 12.1 Å². The van der Waals surface area contributed by atoms with Crippen LogP contribution in [-0.4, -0.2) is 28.4 Å². The van der Waals surface area contributed by atoms with Crippen LogP contribution in [0.2, 0.25) is 0 Å². The zero-order chi connectivity index (χ0) is 17.4. The molecule has 0 aliphatic carbocycles. The highest BCUT2D eigenvalue weighted by atomic mass is 32.2. The molecule has 25 heavy (non-hydrogen) atoms. The highest BCUT2D eigenvalue weighted by molar-refractivity contribution is 7.89. The third-order valence-electron chi connectivity index (χ3n) is 3.80. The number of rotatable bonds is 4. The first-order valence-corrected chi connectivity index (χ1v) is 8.91. The fourth-order valence-electron chi connectivity index (χ4n) is 2.56. The van der Waals surface area contributed by atoms with Crippen LogP contribution in [0.3, 0.4) is 0 Å². The van der Waals surface area contributed by atoms with Gasteiger partial charge in [0.2, 0.25) is 10.0 Å². The largest absolute Gasteiger partial charge is 0.323 e. The molecular formula is C16H13N5O3S. The number of H-pyrrole nitrogens is 2. The Morgan fingerprint density at radius 1 is 0.920 bits per heavy atom. The fraction of sp³-hybridized carbons (Fsp3) is 0.0625. The second-order valence-corrected chi connectivity index (χ2v) is 7.26. The van der Waals surface area contributed by atoms with E-state index < -0.39 is 10.0 Å². The maximum absolute atomic E-state index is 12.5. The second kappa shape index (κ2) is 5.80. The molecule has 4 rings (SSSR count). The minimum Gasteiger partial charge on any atom is -0.306 e. The lowest BCUT2D eigenvalue weighted by atomic mass is 10.2. The van der Waals surface area contributed by atoms with Crippen LogP contribution < -0.4 is 10.4 Å². The van der Waals surface area contributed by atoms with Gasteiger partial charge < -0.3 is 9.97 Å². The summed E-state index contributed by atoms with van der Waals surface area (Å²) < 4.78 is 27.5. The summed E-state index contributed by atoms with van der Waals surface area (Å²) in [5, 5.41) is 0. The molecule has 9 heteroatoms. The van der Waals surface area contributed by atoms with Crippen molar-refractivity contribution in [1.29, 1.82) is 0 Å². The fourth-order valence-corrected chi connectivity index (χ4v) is 3.60. The number of hydrogen-bond acceptors (Lipinski definition) is 5. The summed E-state index contributed by atoms with van der Waals surface area (Å²) in [6.45, 7) is 0.122. The van der Waals surface area contributed by atoms with Crippen molar-refractivity contribution in [2.45, 2.75) is 11.4 Å². The summed E-state index contributed by atoms with van der Waals surface area (Å²) in [6.07, 6.45) is 3.19. The Morgan fingerprint density at radius 2 is 1.68 bits per heavy atom. The smallest absolute Gasteiger partial charge is 0.306 e. The van der Waals surface area contributed by atoms with E-state index in [1.807, 2.05) is 0 Å². The van der Waals surface area contributed by atoms with Crippen molar-refractivity contribution in [3.63, 3.8) is 0 Å². The number of imidazole rings is 1. The van der Waals surface area contributed by atoms with E-state index in [0.717, 1.165) is 11.1 Å². The molecule has 0 atom stereocenters. The maximum atomic E-state index is 12.5. The monoisotopic (exact) mass is 355 g/mol. The zero-order valence-electron chi connectivity index (χ0n) is 12.9. The lowest BCUT2D eigenvalue weighted by Gasteiger charge is -2.07. The molecule has 0 amide bonds. The highest BCUT2D eigenvalue weighted by Gasteiger charge is 2.15. The van der Waals surface area contributed by atoms with Crippen LogP contribution in [0.25, 0.3) is 22.1 Å². The maximum Gasteiger partial charge on any atom is 0.323 e. The van der Waals surface area contributed by atoms with Gasteiger partial charge in [0.05, 0.1) is 27.0 Å². The van der Waals surface area contributed by atoms with Crippen LogP contribution in [0.4, 0.5) is 0 Å². The van der Waals surface area contributed by atoms with Gasteiger partial charge in [0.15, 0.2) is 0 Å². The number of nitrogens with one attached hydrogen (secondary N) is 3. The molecule has 2 aromatic heterocycles. The molecule has 0 saturated heterocycles. The van der Waals surface area contributed by atoms with E-state index in [9.17, 15) is 13.2 Å². The van der Waals surface area contributed by atoms with E-state index in [4.69, 9.17) is 0 Å². The molecule has 2 aromatic carbocycles. The Hall–Kier alpha value is -3.04. The van der Waals surface area contributed by atoms with Gasteiger partial charge in [-0.05, 0) is 35.9 Å². The lowest BCUT2D eigenvalue weighted by molar-refractivity contribution is 0.581. The van der Waals surface area contributed by atoms with Gasteiger partial charge in [0, 0.05) is 18.9 Å². The molecular weight excluding hydrogens is 342 g/mol. The third kappa shape index (κ3) is 3.02. The van der Waals surface area contributed by atoms with E-state index >= 15 is 0 Å². The second-order valence-electron chi connectivity index (χ2n) is 5.49. The molecule has 0 fully saturated rings. The van der Waals surface area contributed by atoms with Gasteiger partial charge in [-0.25, -0.2) is 17.9 Å². The SMILES string of the molecule is O=c1[nH]c2ccc(S(=O)(=O)NCc3ccc4nccnc4c3)cc2[nH]1. The van der Waals surface area contributed by atoms with Crippen LogP contribution in [0.15, 0.2) is 58.5 Å². The summed E-state index contributed by atoms with van der Waals surface area (Å²) in [4.78, 5) is 24.9. The van der Waals surface area contributed by atoms with Crippen molar-refractivity contribution >= 4 is 32.1 Å². The number of nitrogens with zero attached hydrogens (tertiary/aromatic N) is 2. The molecule has 0 aliphatic heterocycles. The molecule has 0 unspecified atom stereocenters. The van der Waals surface area contributed by atoms with Crippen LogP contribution in [0.5, 0.6) is 0 Å². The topological polar surface area (TPSA) is 121 Å². The summed E-state index contributed by atoms with van der Waals surface area (Å²) in [5.41, 5.74) is 2.83. The van der Waals surface area contributed by atoms with Gasteiger partial charge >= 0.3 is 5.69 Å². The minimum absolute atomic E-state index is 0.0795. The van der Waals surface area contributed by atoms with E-state index in [-0.39, 0.29) is 17.1 Å². The van der Waals surface area contributed by atoms with Crippen molar-refractivity contribution in [3.05, 3.63) is 64.8 Å². The average molecular weight is 355 g/mol. The molecule has 3 N–H and O–H groups in total. The van der Waals surface area contributed by atoms with Crippen molar-refractivity contribution in [2.75, 3.05) is 0 Å². The molecule has 0 bridgehead atoms. The van der Waals surface area contributed by atoms with E-state index in [2.05, 4.69) is 24.7 Å². The van der Waals surface area contributed by atoms with Crippen LogP contribution in [0, 0.1) is 0 Å². The van der Waals surface area contributed by atoms with Gasteiger partial charge in [-0.15, -0.1) is 0 Å². The first-order chi connectivity index (χ1) is 12.0. The van der Waals surface area contributed by atoms with Crippen LogP contribution in [-0.2, 0) is 16.6 Å². The Kier molecular flexibility index (Phi) is 3.59. The van der Waals surface area contributed by atoms with Crippen molar-refractivity contribution < 1.29 is 8.42 Å². The third-order valence-corrected chi connectivity index (χ3v) is 5.20. The number of sulfonamides is 1. The Balaban J connectivity index is 1.59. The number of benzene rings is 2. The standard InChI is InChI=1S/C16H13N5O3S/c22-16-20-13-4-2-11(8-15(13)21-16)25(23,24)19-9-10-1-3-12-14(7-10)18-6-5-17-12/h1-8,19H,9H2,(H2,20,21,22). The normalized spacial score (nSPS) is 12.0. The van der Waals surface area contributed by atoms with Crippen LogP contribution in [0.1, 0.15) is 5.56 Å². The molecule has 0 aliphatic rings. The first kappa shape index (κ1) is 15.5. The molecule has 8 nitrogen and oxygen atoms in total. The summed E-state index contributed by atoms with van der Waals surface area (Å²) in [6, 6.07) is 9.79. The predicted octanol–water partition coefficient (Wildman–Crippen LogP) is 1.28. The Morgan fingerprint density at radius 3 is 2.52 bits per heavy atom. The predicted molar refractivity (Wildman–Crippen MR) is 92.5 cm³/mol. The summed E-state index contributed by atoms with van der Waals surface area (Å²) >= 11 is 0. The van der Waals surface area contributed by atoms with E-state index in [0.29, 0.717) is 16.6 Å². The van der Waals surface area contributed by atoms with E-state index in [1.54, 1.807) is 36.7 Å². The number of hydrogen-bond donors (Lipinski definition) is 3. The van der Waals surface area contributed by atoms with Gasteiger partial charge in [0.1, 0.15) is 0 Å². The highest BCUT2D eigenvalue weighted by Crippen LogP contribution is 2.16. The quantitative estimate of drug-likeness (QED) is 0.509. The first-order valence-electron chi connectivity index (χ1n) is 7.43. The molecule has 0 spiro atoms. The zero-order valence-corrected chi connectivity index (χ0v) is 13.7. The number of aromatic amines is 2. The van der Waals surface area contributed by atoms with Crippen LogP contribution >= 0.6 is 0 Å². The minimum atomic E-state index is -3.72. The lowest BCUT2D eigenvalue weighted by Crippen LogP contribution is -2.23. The molecule has 0 saturated carbocycles. The molecule has 4 aromatic rings. The van der Waals surface area contributed by atoms with Gasteiger partial charge in [-0.3, -0.25) is 9.97 Å². The van der Waals surface area contributed by atoms with Crippen molar-refractivity contribution in [1.82, 2.24) is 24.7 Å². The molecule has 2 heterocycles. The van der Waals surface area contributed by atoms with Gasteiger partial charge in [-0.1, -0.05) is 6.07 Å². The Bertz CT molecular complexity index is 1240. The average Bonchev–Trinajstić information content (AvgIpc) is 2.99. The number of aromatic nitrogens is 4. The molecule has 126 valence electrons. The summed E-state index contributed by atoms with van der Waals surface area (Å²) in [7, 11) is -3.72. The van der Waals surface area contributed by atoms with Gasteiger partial charge in [-0.2, -0.15) is 0 Å².